The van der Waals surface area contributed by atoms with Crippen molar-refractivity contribution in [1.82, 2.24) is 10.2 Å². The van der Waals surface area contributed by atoms with E-state index in [2.05, 4.69) is 43.8 Å². The zero-order chi connectivity index (χ0) is 15.1. The molecule has 0 fully saturated rings. The summed E-state index contributed by atoms with van der Waals surface area (Å²) >= 11 is 5.52. The third-order valence-corrected chi connectivity index (χ3v) is 4.28. The Kier molecular flexibility index (Phi) is 7.50. The van der Waals surface area contributed by atoms with Crippen LogP contribution in [0.4, 0.5) is 0 Å². The molecule has 0 radical (unpaired) electrons. The van der Waals surface area contributed by atoms with E-state index in [0.29, 0.717) is 31.6 Å². The van der Waals surface area contributed by atoms with E-state index in [1.807, 2.05) is 32.0 Å². The first-order chi connectivity index (χ1) is 9.49. The second-order valence-corrected chi connectivity index (χ2v) is 6.30. The maximum atomic E-state index is 12.0. The van der Waals surface area contributed by atoms with Gasteiger partial charge in [0.25, 0.3) is 5.91 Å². The number of hydrogen-bond donors (Lipinski definition) is 1. The fourth-order valence-corrected chi connectivity index (χ4v) is 2.70. The lowest BCUT2D eigenvalue weighted by Gasteiger charge is -2.18. The van der Waals surface area contributed by atoms with Gasteiger partial charge in [0.2, 0.25) is 5.91 Å². The SMILES string of the molecule is CCN(CC)C(=O)CCNC(=O)c1cc(I)ccc1Br. The van der Waals surface area contributed by atoms with Crippen LogP contribution in [0.2, 0.25) is 0 Å². The summed E-state index contributed by atoms with van der Waals surface area (Å²) in [4.78, 5) is 25.6. The molecule has 0 aliphatic heterocycles. The molecule has 0 atom stereocenters. The summed E-state index contributed by atoms with van der Waals surface area (Å²) in [5.74, 6) is -0.0975. The maximum absolute atomic E-state index is 12.0. The van der Waals surface area contributed by atoms with Gasteiger partial charge in [0.15, 0.2) is 0 Å². The van der Waals surface area contributed by atoms with Crippen LogP contribution in [0.1, 0.15) is 30.6 Å². The molecule has 6 heteroatoms. The second-order valence-electron chi connectivity index (χ2n) is 4.20. The first-order valence-corrected chi connectivity index (χ1v) is 8.37. The number of carbonyl (C=O) groups excluding carboxylic acids is 2. The number of nitrogens with zero attached hydrogens (tertiary/aromatic N) is 1. The van der Waals surface area contributed by atoms with Crippen LogP contribution >= 0.6 is 38.5 Å². The van der Waals surface area contributed by atoms with E-state index in [1.54, 1.807) is 4.90 Å². The molecule has 110 valence electrons. The lowest BCUT2D eigenvalue weighted by atomic mass is 10.2. The molecule has 1 aromatic carbocycles. The van der Waals surface area contributed by atoms with Crippen molar-refractivity contribution in [2.75, 3.05) is 19.6 Å². The number of amides is 2. The first-order valence-electron chi connectivity index (χ1n) is 6.50. The van der Waals surface area contributed by atoms with Gasteiger partial charge in [-0.2, -0.15) is 0 Å². The van der Waals surface area contributed by atoms with Gasteiger partial charge in [-0.05, 0) is 70.6 Å². The van der Waals surface area contributed by atoms with Gasteiger partial charge in [-0.3, -0.25) is 9.59 Å². The average Bonchev–Trinajstić information content (AvgIpc) is 2.42. The van der Waals surface area contributed by atoms with Crippen molar-refractivity contribution in [3.63, 3.8) is 0 Å². The zero-order valence-corrected chi connectivity index (χ0v) is 15.3. The number of nitrogens with one attached hydrogen (secondary N) is 1. The van der Waals surface area contributed by atoms with Gasteiger partial charge in [0.1, 0.15) is 0 Å². The molecule has 1 aromatic rings. The minimum Gasteiger partial charge on any atom is -0.351 e. The molecule has 2 amide bonds. The molecule has 20 heavy (non-hydrogen) atoms. The third-order valence-electron chi connectivity index (χ3n) is 2.91. The van der Waals surface area contributed by atoms with Gasteiger partial charge >= 0.3 is 0 Å². The largest absolute Gasteiger partial charge is 0.351 e. The van der Waals surface area contributed by atoms with E-state index in [1.165, 1.54) is 0 Å². The zero-order valence-electron chi connectivity index (χ0n) is 11.6. The van der Waals surface area contributed by atoms with Crippen LogP contribution in [-0.4, -0.2) is 36.3 Å². The molecule has 0 aliphatic carbocycles. The van der Waals surface area contributed by atoms with Crippen molar-refractivity contribution in [1.29, 1.82) is 0 Å². The highest BCUT2D eigenvalue weighted by Crippen LogP contribution is 2.19. The molecule has 0 aromatic heterocycles. The molecule has 1 rings (SSSR count). The summed E-state index contributed by atoms with van der Waals surface area (Å²) in [6.07, 6.45) is 0.328. The molecule has 0 saturated heterocycles. The van der Waals surface area contributed by atoms with Crippen LogP contribution in [0.15, 0.2) is 22.7 Å². The van der Waals surface area contributed by atoms with E-state index in [-0.39, 0.29) is 11.8 Å². The van der Waals surface area contributed by atoms with Crippen LogP contribution in [-0.2, 0) is 4.79 Å². The molecule has 0 saturated carbocycles. The van der Waals surface area contributed by atoms with E-state index in [0.717, 1.165) is 8.04 Å². The number of benzene rings is 1. The monoisotopic (exact) mass is 452 g/mol. The van der Waals surface area contributed by atoms with Gasteiger partial charge in [-0.25, -0.2) is 0 Å². The average molecular weight is 453 g/mol. The number of hydrogen-bond acceptors (Lipinski definition) is 2. The summed E-state index contributed by atoms with van der Waals surface area (Å²) < 4.78 is 1.75. The summed E-state index contributed by atoms with van der Waals surface area (Å²) in [7, 11) is 0. The minimum absolute atomic E-state index is 0.0667. The predicted octanol–water partition coefficient (Wildman–Crippen LogP) is 3.04. The van der Waals surface area contributed by atoms with Crippen LogP contribution < -0.4 is 5.32 Å². The molecule has 0 unspecified atom stereocenters. The van der Waals surface area contributed by atoms with Crippen LogP contribution in [0, 0.1) is 3.57 Å². The Morgan fingerprint density at radius 3 is 2.55 bits per heavy atom. The molecule has 1 N–H and O–H groups in total. The Morgan fingerprint density at radius 2 is 1.95 bits per heavy atom. The molecule has 0 heterocycles. The molecule has 4 nitrogen and oxygen atoms in total. The minimum atomic E-state index is -0.164. The van der Waals surface area contributed by atoms with E-state index in [4.69, 9.17) is 0 Å². The number of carbonyl (C=O) groups is 2. The van der Waals surface area contributed by atoms with Crippen LogP contribution in [0.3, 0.4) is 0 Å². The van der Waals surface area contributed by atoms with Crippen molar-refractivity contribution in [3.05, 3.63) is 31.8 Å². The highest BCUT2D eigenvalue weighted by atomic mass is 127. The summed E-state index contributed by atoms with van der Waals surface area (Å²) in [6, 6.07) is 5.58. The maximum Gasteiger partial charge on any atom is 0.252 e. The Balaban J connectivity index is 2.52. The highest BCUT2D eigenvalue weighted by molar-refractivity contribution is 14.1. The highest BCUT2D eigenvalue weighted by Gasteiger charge is 2.12. The lowest BCUT2D eigenvalue weighted by Crippen LogP contribution is -2.34. The normalized spacial score (nSPS) is 10.2. The second kappa shape index (κ2) is 8.61. The third kappa shape index (κ3) is 5.05. The summed E-state index contributed by atoms with van der Waals surface area (Å²) in [5, 5.41) is 2.78. The van der Waals surface area contributed by atoms with Crippen molar-refractivity contribution >= 4 is 50.3 Å². The molecule has 0 spiro atoms. The van der Waals surface area contributed by atoms with Crippen molar-refractivity contribution in [2.24, 2.45) is 0 Å². The molecule has 0 aliphatic rings. The summed E-state index contributed by atoms with van der Waals surface area (Å²) in [6.45, 7) is 5.65. The van der Waals surface area contributed by atoms with Gasteiger partial charge in [-0.1, -0.05) is 0 Å². The topological polar surface area (TPSA) is 49.4 Å². The van der Waals surface area contributed by atoms with E-state index in [9.17, 15) is 9.59 Å². The lowest BCUT2D eigenvalue weighted by molar-refractivity contribution is -0.130. The smallest absolute Gasteiger partial charge is 0.252 e. The van der Waals surface area contributed by atoms with E-state index < -0.39 is 0 Å². The molecule has 0 bridgehead atoms. The number of rotatable bonds is 6. The predicted molar refractivity (Wildman–Crippen MR) is 91.7 cm³/mol. The Bertz CT molecular complexity index is 490. The van der Waals surface area contributed by atoms with Gasteiger partial charge in [-0.15, -0.1) is 0 Å². The van der Waals surface area contributed by atoms with Gasteiger partial charge < -0.3 is 10.2 Å². The van der Waals surface area contributed by atoms with Gasteiger partial charge in [0.05, 0.1) is 5.56 Å². The number of halogens is 2. The van der Waals surface area contributed by atoms with Crippen LogP contribution in [0.5, 0.6) is 0 Å². The fourth-order valence-electron chi connectivity index (χ4n) is 1.78. The van der Waals surface area contributed by atoms with Crippen molar-refractivity contribution < 1.29 is 9.59 Å². The van der Waals surface area contributed by atoms with Crippen molar-refractivity contribution in [2.45, 2.75) is 20.3 Å². The quantitative estimate of drug-likeness (QED) is 0.674. The van der Waals surface area contributed by atoms with Gasteiger partial charge in [0, 0.05) is 34.1 Å². The standard InChI is InChI=1S/C14H18BrIN2O2/c1-3-18(4-2)13(19)7-8-17-14(20)11-9-10(16)5-6-12(11)15/h5-6,9H,3-4,7-8H2,1-2H3,(H,17,20). The summed E-state index contributed by atoms with van der Waals surface area (Å²) in [5.41, 5.74) is 0.590. The molecular weight excluding hydrogens is 435 g/mol. The molecular formula is C14H18BrIN2O2. The Hall–Kier alpha value is -0.630. The first kappa shape index (κ1) is 17.4. The fraction of sp³-hybridized carbons (Fsp3) is 0.429. The van der Waals surface area contributed by atoms with E-state index >= 15 is 0 Å². The Labute approximate surface area is 141 Å². The van der Waals surface area contributed by atoms with Crippen molar-refractivity contribution in [3.8, 4) is 0 Å². The Morgan fingerprint density at radius 1 is 1.30 bits per heavy atom. The van der Waals surface area contributed by atoms with Crippen LogP contribution in [0.25, 0.3) is 0 Å².